The van der Waals surface area contributed by atoms with Crippen molar-refractivity contribution in [1.82, 2.24) is 10.1 Å². The Morgan fingerprint density at radius 1 is 1.38 bits per heavy atom. The molecule has 0 aliphatic rings. The SMILES string of the molecule is COc1cc(CCC(=O)Nc2ccc3cc[nH]c3c2)on1. The third-order valence-electron chi connectivity index (χ3n) is 3.18. The molecule has 21 heavy (non-hydrogen) atoms. The molecule has 0 radical (unpaired) electrons. The van der Waals surface area contributed by atoms with Crippen LogP contribution in [0.25, 0.3) is 10.9 Å². The number of H-pyrrole nitrogens is 1. The maximum absolute atomic E-state index is 11.9. The Morgan fingerprint density at radius 3 is 3.10 bits per heavy atom. The van der Waals surface area contributed by atoms with Gasteiger partial charge in [-0.2, -0.15) is 0 Å². The lowest BCUT2D eigenvalue weighted by Gasteiger charge is -2.04. The number of nitrogens with zero attached hydrogens (tertiary/aromatic N) is 1. The molecule has 6 nitrogen and oxygen atoms in total. The molecule has 0 fully saturated rings. The smallest absolute Gasteiger partial charge is 0.254 e. The number of ether oxygens (including phenoxy) is 1. The molecule has 2 heterocycles. The quantitative estimate of drug-likeness (QED) is 0.755. The van der Waals surface area contributed by atoms with E-state index in [0.29, 0.717) is 24.5 Å². The Balaban J connectivity index is 1.58. The van der Waals surface area contributed by atoms with Crippen LogP contribution in [0.3, 0.4) is 0 Å². The zero-order chi connectivity index (χ0) is 14.7. The van der Waals surface area contributed by atoms with E-state index >= 15 is 0 Å². The molecule has 0 saturated heterocycles. The number of rotatable bonds is 5. The minimum Gasteiger partial charge on any atom is -0.479 e. The molecule has 0 aliphatic carbocycles. The highest BCUT2D eigenvalue weighted by Gasteiger charge is 2.08. The Hall–Kier alpha value is -2.76. The Labute approximate surface area is 121 Å². The summed E-state index contributed by atoms with van der Waals surface area (Å²) >= 11 is 0. The molecule has 1 aromatic carbocycles. The van der Waals surface area contributed by atoms with Gasteiger partial charge in [-0.1, -0.05) is 6.07 Å². The van der Waals surface area contributed by atoms with E-state index in [1.165, 1.54) is 7.11 Å². The second-order valence-electron chi connectivity index (χ2n) is 4.66. The summed E-state index contributed by atoms with van der Waals surface area (Å²) in [7, 11) is 1.52. The van der Waals surface area contributed by atoms with Gasteiger partial charge >= 0.3 is 0 Å². The first-order chi connectivity index (χ1) is 10.2. The van der Waals surface area contributed by atoms with E-state index in [2.05, 4.69) is 15.5 Å². The molecule has 3 aromatic rings. The van der Waals surface area contributed by atoms with E-state index in [1.807, 2.05) is 30.5 Å². The van der Waals surface area contributed by atoms with Crippen molar-refractivity contribution < 1.29 is 14.1 Å². The number of nitrogens with one attached hydrogen (secondary N) is 2. The van der Waals surface area contributed by atoms with Gasteiger partial charge in [-0.25, -0.2) is 0 Å². The minimum absolute atomic E-state index is 0.0729. The summed E-state index contributed by atoms with van der Waals surface area (Å²) in [6.07, 6.45) is 2.67. The number of hydrogen-bond donors (Lipinski definition) is 2. The van der Waals surface area contributed by atoms with Gasteiger partial charge in [0, 0.05) is 36.3 Å². The maximum Gasteiger partial charge on any atom is 0.254 e. The van der Waals surface area contributed by atoms with Crippen molar-refractivity contribution in [3.8, 4) is 5.88 Å². The zero-order valence-corrected chi connectivity index (χ0v) is 11.6. The van der Waals surface area contributed by atoms with Gasteiger partial charge in [-0.3, -0.25) is 4.79 Å². The highest BCUT2D eigenvalue weighted by atomic mass is 16.5. The number of methoxy groups -OCH3 is 1. The number of anilines is 1. The van der Waals surface area contributed by atoms with E-state index in [1.54, 1.807) is 6.07 Å². The lowest BCUT2D eigenvalue weighted by atomic mass is 10.2. The largest absolute Gasteiger partial charge is 0.479 e. The molecular formula is C15H15N3O3. The van der Waals surface area contributed by atoms with Crippen molar-refractivity contribution in [2.45, 2.75) is 12.8 Å². The summed E-state index contributed by atoms with van der Waals surface area (Å²) in [6, 6.07) is 9.41. The van der Waals surface area contributed by atoms with E-state index in [-0.39, 0.29) is 5.91 Å². The van der Waals surface area contributed by atoms with E-state index in [4.69, 9.17) is 9.26 Å². The fraction of sp³-hybridized carbons (Fsp3) is 0.200. The first-order valence-corrected chi connectivity index (χ1v) is 6.61. The second kappa shape index (κ2) is 5.70. The van der Waals surface area contributed by atoms with E-state index in [9.17, 15) is 4.79 Å². The predicted molar refractivity (Wildman–Crippen MR) is 78.3 cm³/mol. The summed E-state index contributed by atoms with van der Waals surface area (Å²) < 4.78 is 9.97. The second-order valence-corrected chi connectivity index (χ2v) is 4.66. The predicted octanol–water partition coefficient (Wildman–Crippen LogP) is 2.74. The minimum atomic E-state index is -0.0729. The van der Waals surface area contributed by atoms with E-state index in [0.717, 1.165) is 16.6 Å². The molecule has 0 spiro atoms. The van der Waals surface area contributed by atoms with Crippen molar-refractivity contribution in [3.05, 3.63) is 42.3 Å². The van der Waals surface area contributed by atoms with Crippen LogP contribution >= 0.6 is 0 Å². The summed E-state index contributed by atoms with van der Waals surface area (Å²) in [5.74, 6) is 0.973. The van der Waals surface area contributed by atoms with E-state index < -0.39 is 0 Å². The van der Waals surface area contributed by atoms with Gasteiger partial charge in [-0.15, -0.1) is 0 Å². The molecule has 6 heteroatoms. The van der Waals surface area contributed by atoms with Gasteiger partial charge in [0.05, 0.1) is 7.11 Å². The average molecular weight is 285 g/mol. The molecule has 108 valence electrons. The fourth-order valence-electron chi connectivity index (χ4n) is 2.09. The summed E-state index contributed by atoms with van der Waals surface area (Å²) in [5.41, 5.74) is 1.76. The van der Waals surface area contributed by atoms with Crippen molar-refractivity contribution in [2.24, 2.45) is 0 Å². The van der Waals surface area contributed by atoms with Gasteiger partial charge in [-0.05, 0) is 28.7 Å². The molecule has 2 N–H and O–H groups in total. The summed E-state index contributed by atoms with van der Waals surface area (Å²) in [5, 5.41) is 7.67. The lowest BCUT2D eigenvalue weighted by molar-refractivity contribution is -0.116. The Kier molecular flexibility index (Phi) is 3.59. The number of fused-ring (bicyclic) bond motifs is 1. The van der Waals surface area contributed by atoms with Crippen molar-refractivity contribution >= 4 is 22.5 Å². The summed E-state index contributed by atoms with van der Waals surface area (Å²) in [6.45, 7) is 0. The Morgan fingerprint density at radius 2 is 2.29 bits per heavy atom. The van der Waals surface area contributed by atoms with Crippen LogP contribution in [0.15, 0.2) is 41.1 Å². The highest BCUT2D eigenvalue weighted by molar-refractivity contribution is 5.93. The van der Waals surface area contributed by atoms with Crippen LogP contribution in [-0.4, -0.2) is 23.2 Å². The summed E-state index contributed by atoms with van der Waals surface area (Å²) in [4.78, 5) is 15.0. The van der Waals surface area contributed by atoms with Crippen LogP contribution in [0.5, 0.6) is 5.88 Å². The van der Waals surface area contributed by atoms with Gasteiger partial charge in [0.1, 0.15) is 5.76 Å². The van der Waals surface area contributed by atoms with Crippen molar-refractivity contribution in [3.63, 3.8) is 0 Å². The molecule has 1 amide bonds. The van der Waals surface area contributed by atoms with Crippen LogP contribution in [0.4, 0.5) is 5.69 Å². The van der Waals surface area contributed by atoms with Crippen molar-refractivity contribution in [1.29, 1.82) is 0 Å². The standard InChI is InChI=1S/C15H15N3O3/c1-20-15-9-12(21-18-15)4-5-14(19)17-11-3-2-10-6-7-16-13(10)8-11/h2-3,6-9,16H,4-5H2,1H3,(H,17,19). The van der Waals surface area contributed by atoms with Crippen LogP contribution in [0.1, 0.15) is 12.2 Å². The molecular weight excluding hydrogens is 270 g/mol. The van der Waals surface area contributed by atoms with Crippen LogP contribution in [0, 0.1) is 0 Å². The molecule has 0 bridgehead atoms. The van der Waals surface area contributed by atoms with Gasteiger partial charge in [0.2, 0.25) is 5.91 Å². The number of carbonyl (C=O) groups excluding carboxylic acids is 1. The normalized spacial score (nSPS) is 10.7. The number of amides is 1. The number of aromatic nitrogens is 2. The topological polar surface area (TPSA) is 80.1 Å². The maximum atomic E-state index is 11.9. The Bertz CT molecular complexity index is 760. The molecule has 2 aromatic heterocycles. The average Bonchev–Trinajstić information content (AvgIpc) is 3.13. The molecule has 3 rings (SSSR count). The zero-order valence-electron chi connectivity index (χ0n) is 11.6. The molecule has 0 atom stereocenters. The van der Waals surface area contributed by atoms with Crippen LogP contribution in [-0.2, 0) is 11.2 Å². The van der Waals surface area contributed by atoms with Crippen molar-refractivity contribution in [2.75, 3.05) is 12.4 Å². The number of aromatic amines is 1. The highest BCUT2D eigenvalue weighted by Crippen LogP contribution is 2.18. The fourth-order valence-corrected chi connectivity index (χ4v) is 2.09. The van der Waals surface area contributed by atoms with Gasteiger partial charge in [0.25, 0.3) is 5.88 Å². The molecule has 0 saturated carbocycles. The monoisotopic (exact) mass is 285 g/mol. The third-order valence-corrected chi connectivity index (χ3v) is 3.18. The third kappa shape index (κ3) is 3.05. The number of aryl methyl sites for hydroxylation is 1. The number of benzene rings is 1. The van der Waals surface area contributed by atoms with Gasteiger partial charge in [0.15, 0.2) is 0 Å². The van der Waals surface area contributed by atoms with Crippen LogP contribution < -0.4 is 10.1 Å². The lowest BCUT2D eigenvalue weighted by Crippen LogP contribution is -2.12. The first-order valence-electron chi connectivity index (χ1n) is 6.61. The first kappa shape index (κ1) is 13.2. The number of hydrogen-bond acceptors (Lipinski definition) is 4. The van der Waals surface area contributed by atoms with Gasteiger partial charge < -0.3 is 19.6 Å². The number of carbonyl (C=O) groups is 1. The van der Waals surface area contributed by atoms with Crippen LogP contribution in [0.2, 0.25) is 0 Å². The molecule has 0 aliphatic heterocycles. The molecule has 0 unspecified atom stereocenters.